The van der Waals surface area contributed by atoms with Gasteiger partial charge in [0.05, 0.1) is 16.2 Å². The summed E-state index contributed by atoms with van der Waals surface area (Å²) in [6, 6.07) is 14.3. The maximum absolute atomic E-state index is 13.3. The molecule has 2 aromatic carbocycles. The Morgan fingerprint density at radius 3 is 2.41 bits per heavy atom. The third-order valence-electron chi connectivity index (χ3n) is 6.94. The lowest BCUT2D eigenvalue weighted by Gasteiger charge is -2.37. The highest BCUT2D eigenvalue weighted by Gasteiger charge is 2.30. The summed E-state index contributed by atoms with van der Waals surface area (Å²) in [5.74, 6) is 0.479. The zero-order chi connectivity index (χ0) is 26.3. The molecule has 0 radical (unpaired) electrons. The number of rotatable bonds is 5. The first-order valence-corrected chi connectivity index (χ1v) is 14.2. The summed E-state index contributed by atoms with van der Waals surface area (Å²) in [7, 11) is -0.0107. The van der Waals surface area contributed by atoms with E-state index in [0.717, 1.165) is 34.2 Å². The Morgan fingerprint density at radius 1 is 1.05 bits per heavy atom. The summed E-state index contributed by atoms with van der Waals surface area (Å²) in [4.78, 5) is 17.1. The number of benzene rings is 2. The summed E-state index contributed by atoms with van der Waals surface area (Å²) in [6.45, 7) is 1.37. The lowest BCUT2D eigenvalue weighted by atomic mass is 10.0. The standard InChI is InChI=1S/C26H27ClN6O3S/c1-31(26(34)21-9-8-17(27)16-23(21)37(3,35)36)18-11-14-33(15-12-18)25-20-7-5-4-6-19(20)24(29-30-25)22-10-13-28-32(22)2/h4-10,13,16,18H,11-12,14-15H2,1-3H3. The molecule has 5 rings (SSSR count). The van der Waals surface area contributed by atoms with Gasteiger partial charge in [-0.05, 0) is 37.1 Å². The second-order valence-electron chi connectivity index (χ2n) is 9.30. The van der Waals surface area contributed by atoms with Crippen molar-refractivity contribution in [1.82, 2.24) is 24.9 Å². The van der Waals surface area contributed by atoms with Gasteiger partial charge in [-0.2, -0.15) is 5.10 Å². The minimum atomic E-state index is -3.61. The first-order chi connectivity index (χ1) is 17.6. The smallest absolute Gasteiger partial charge is 0.255 e. The van der Waals surface area contributed by atoms with Gasteiger partial charge in [0.15, 0.2) is 15.7 Å². The van der Waals surface area contributed by atoms with Crippen LogP contribution in [0.2, 0.25) is 5.02 Å². The van der Waals surface area contributed by atoms with Gasteiger partial charge < -0.3 is 9.80 Å². The lowest BCUT2D eigenvalue weighted by molar-refractivity contribution is 0.0705. The number of halogens is 1. The Hall–Kier alpha value is -3.50. The van der Waals surface area contributed by atoms with E-state index in [0.29, 0.717) is 25.9 Å². The topological polar surface area (TPSA) is 101 Å². The number of carbonyl (C=O) groups excluding carboxylic acids is 1. The van der Waals surface area contributed by atoms with E-state index in [1.807, 2.05) is 37.4 Å². The molecular weight excluding hydrogens is 512 g/mol. The highest BCUT2D eigenvalue weighted by atomic mass is 35.5. The number of carbonyl (C=O) groups is 1. The highest BCUT2D eigenvalue weighted by Crippen LogP contribution is 2.33. The van der Waals surface area contributed by atoms with Gasteiger partial charge in [-0.3, -0.25) is 9.48 Å². The van der Waals surface area contributed by atoms with Gasteiger partial charge in [-0.1, -0.05) is 35.9 Å². The van der Waals surface area contributed by atoms with Crippen LogP contribution in [0.5, 0.6) is 0 Å². The van der Waals surface area contributed by atoms with Crippen LogP contribution in [0.1, 0.15) is 23.2 Å². The van der Waals surface area contributed by atoms with E-state index in [-0.39, 0.29) is 27.4 Å². The number of piperidine rings is 1. The van der Waals surface area contributed by atoms with Gasteiger partial charge in [0.1, 0.15) is 5.69 Å². The zero-order valence-corrected chi connectivity index (χ0v) is 22.4. The molecule has 1 aliphatic heterocycles. The number of sulfone groups is 1. The Balaban J connectivity index is 1.37. The molecule has 0 atom stereocenters. The highest BCUT2D eigenvalue weighted by molar-refractivity contribution is 7.90. The number of aromatic nitrogens is 4. The number of fused-ring (bicyclic) bond motifs is 1. The first-order valence-electron chi connectivity index (χ1n) is 11.9. The summed E-state index contributed by atoms with van der Waals surface area (Å²) in [5.41, 5.74) is 1.81. The fourth-order valence-corrected chi connectivity index (χ4v) is 6.05. The molecule has 11 heteroatoms. The number of aryl methyl sites for hydroxylation is 1. The largest absolute Gasteiger partial charge is 0.354 e. The molecule has 1 fully saturated rings. The van der Waals surface area contributed by atoms with Crippen molar-refractivity contribution in [1.29, 1.82) is 0 Å². The second kappa shape index (κ2) is 9.75. The molecular formula is C26H27ClN6O3S. The van der Waals surface area contributed by atoms with Crippen molar-refractivity contribution < 1.29 is 13.2 Å². The number of hydrogen-bond acceptors (Lipinski definition) is 7. The zero-order valence-electron chi connectivity index (χ0n) is 20.8. The minimum Gasteiger partial charge on any atom is -0.354 e. The van der Waals surface area contributed by atoms with Crippen LogP contribution in [0.15, 0.2) is 59.6 Å². The molecule has 2 aromatic heterocycles. The van der Waals surface area contributed by atoms with Crippen molar-refractivity contribution >= 4 is 43.9 Å². The maximum Gasteiger partial charge on any atom is 0.255 e. The van der Waals surface area contributed by atoms with Crippen LogP contribution in [0.25, 0.3) is 22.2 Å². The van der Waals surface area contributed by atoms with Crippen molar-refractivity contribution in [3.05, 3.63) is 65.3 Å². The van der Waals surface area contributed by atoms with Crippen molar-refractivity contribution in [2.24, 2.45) is 7.05 Å². The fourth-order valence-electron chi connectivity index (χ4n) is 4.92. The Bertz CT molecular complexity index is 1600. The van der Waals surface area contributed by atoms with Gasteiger partial charge in [0, 0.05) is 61.5 Å². The van der Waals surface area contributed by atoms with Gasteiger partial charge >= 0.3 is 0 Å². The van der Waals surface area contributed by atoms with Crippen molar-refractivity contribution in [3.8, 4) is 11.4 Å². The third kappa shape index (κ3) is 4.78. The summed E-state index contributed by atoms with van der Waals surface area (Å²) >= 11 is 6.01. The van der Waals surface area contributed by atoms with Crippen molar-refractivity contribution in [2.45, 2.75) is 23.8 Å². The molecule has 0 bridgehead atoms. The summed E-state index contributed by atoms with van der Waals surface area (Å²) < 4.78 is 26.3. The van der Waals surface area contributed by atoms with E-state index in [1.54, 1.807) is 28.9 Å². The normalized spacial score (nSPS) is 14.8. The molecule has 0 spiro atoms. The van der Waals surface area contributed by atoms with E-state index in [2.05, 4.69) is 20.2 Å². The molecule has 1 saturated heterocycles. The van der Waals surface area contributed by atoms with Crippen LogP contribution in [0, 0.1) is 0 Å². The molecule has 4 aromatic rings. The van der Waals surface area contributed by atoms with E-state index in [1.165, 1.54) is 12.1 Å². The number of nitrogens with zero attached hydrogens (tertiary/aromatic N) is 6. The Labute approximate surface area is 220 Å². The number of amides is 1. The molecule has 192 valence electrons. The predicted octanol–water partition coefficient (Wildman–Crippen LogP) is 3.83. The molecule has 3 heterocycles. The van der Waals surface area contributed by atoms with E-state index in [9.17, 15) is 13.2 Å². The Morgan fingerprint density at radius 2 is 1.76 bits per heavy atom. The van der Waals surface area contributed by atoms with Crippen LogP contribution in [-0.4, -0.2) is 71.6 Å². The molecule has 0 N–H and O–H groups in total. The summed E-state index contributed by atoms with van der Waals surface area (Å²) in [6.07, 6.45) is 4.25. The molecule has 0 aliphatic carbocycles. The van der Waals surface area contributed by atoms with Crippen LogP contribution >= 0.6 is 11.6 Å². The fraction of sp³-hybridized carbons (Fsp3) is 0.308. The number of hydrogen-bond donors (Lipinski definition) is 0. The molecule has 1 aliphatic rings. The van der Waals surface area contributed by atoms with E-state index < -0.39 is 9.84 Å². The summed E-state index contributed by atoms with van der Waals surface area (Å²) in [5, 5.41) is 15.7. The molecule has 1 amide bonds. The molecule has 9 nitrogen and oxygen atoms in total. The first kappa shape index (κ1) is 25.2. The SMILES string of the molecule is CN(C(=O)c1ccc(Cl)cc1S(C)(=O)=O)C1CCN(c2nnc(-c3ccnn3C)c3ccccc23)CC1. The van der Waals surface area contributed by atoms with Crippen LogP contribution in [0.4, 0.5) is 5.82 Å². The van der Waals surface area contributed by atoms with E-state index >= 15 is 0 Å². The number of anilines is 1. The van der Waals surface area contributed by atoms with Gasteiger partial charge in [-0.15, -0.1) is 10.2 Å². The van der Waals surface area contributed by atoms with Crippen LogP contribution in [0.3, 0.4) is 0 Å². The minimum absolute atomic E-state index is 0.0419. The average molecular weight is 539 g/mol. The van der Waals surface area contributed by atoms with Crippen molar-refractivity contribution in [2.75, 3.05) is 31.3 Å². The second-order valence-corrected chi connectivity index (χ2v) is 11.7. The third-order valence-corrected chi connectivity index (χ3v) is 8.31. The Kier molecular flexibility index (Phi) is 6.63. The van der Waals surface area contributed by atoms with Gasteiger partial charge in [0.25, 0.3) is 5.91 Å². The monoisotopic (exact) mass is 538 g/mol. The quantitative estimate of drug-likeness (QED) is 0.380. The van der Waals surface area contributed by atoms with Crippen molar-refractivity contribution in [3.63, 3.8) is 0 Å². The van der Waals surface area contributed by atoms with Crippen LogP contribution < -0.4 is 4.90 Å². The average Bonchev–Trinajstić information content (AvgIpc) is 3.32. The van der Waals surface area contributed by atoms with Gasteiger partial charge in [-0.25, -0.2) is 8.42 Å². The van der Waals surface area contributed by atoms with E-state index in [4.69, 9.17) is 11.6 Å². The van der Waals surface area contributed by atoms with Crippen LogP contribution in [-0.2, 0) is 16.9 Å². The predicted molar refractivity (Wildman–Crippen MR) is 144 cm³/mol. The maximum atomic E-state index is 13.3. The van der Waals surface area contributed by atoms with Gasteiger partial charge in [0.2, 0.25) is 0 Å². The molecule has 0 saturated carbocycles. The molecule has 0 unspecified atom stereocenters. The lowest BCUT2D eigenvalue weighted by Crippen LogP contribution is -2.46. The molecule has 37 heavy (non-hydrogen) atoms.